The van der Waals surface area contributed by atoms with Gasteiger partial charge in [-0.1, -0.05) is 32.0 Å². The number of carboxylic acid groups (broad SMARTS) is 1. The topological polar surface area (TPSA) is 40.5 Å². The molecule has 3 nitrogen and oxygen atoms in total. The SMILES string of the molecule is CN1c2ccccc2C(C)(C)[C@@H]1C(=O)O. The van der Waals surface area contributed by atoms with Gasteiger partial charge in [-0.25, -0.2) is 4.79 Å². The molecule has 0 fully saturated rings. The maximum Gasteiger partial charge on any atom is 0.327 e. The van der Waals surface area contributed by atoms with Crippen molar-refractivity contribution < 1.29 is 9.90 Å². The number of hydrogen-bond acceptors (Lipinski definition) is 2. The molecule has 80 valence electrons. The average Bonchev–Trinajstić information content (AvgIpc) is 2.36. The number of carbonyl (C=O) groups is 1. The Bertz CT molecular complexity index is 412. The van der Waals surface area contributed by atoms with Gasteiger partial charge in [0.15, 0.2) is 0 Å². The van der Waals surface area contributed by atoms with Crippen molar-refractivity contribution in [1.29, 1.82) is 0 Å². The molecule has 3 heteroatoms. The van der Waals surface area contributed by atoms with E-state index in [4.69, 9.17) is 0 Å². The van der Waals surface area contributed by atoms with Gasteiger partial charge in [-0.3, -0.25) is 0 Å². The quantitative estimate of drug-likeness (QED) is 0.760. The van der Waals surface area contributed by atoms with Gasteiger partial charge in [0, 0.05) is 18.2 Å². The van der Waals surface area contributed by atoms with Gasteiger partial charge in [-0.05, 0) is 11.6 Å². The van der Waals surface area contributed by atoms with Gasteiger partial charge >= 0.3 is 5.97 Å². The van der Waals surface area contributed by atoms with E-state index >= 15 is 0 Å². The lowest BCUT2D eigenvalue weighted by Crippen LogP contribution is -2.45. The zero-order chi connectivity index (χ0) is 11.2. The van der Waals surface area contributed by atoms with Crippen LogP contribution in [0, 0.1) is 0 Å². The first kappa shape index (κ1) is 10.0. The predicted molar refractivity (Wildman–Crippen MR) is 59.3 cm³/mol. The number of rotatable bonds is 1. The van der Waals surface area contributed by atoms with Crippen LogP contribution >= 0.6 is 0 Å². The number of benzene rings is 1. The number of fused-ring (bicyclic) bond motifs is 1. The summed E-state index contributed by atoms with van der Waals surface area (Å²) in [4.78, 5) is 13.1. The van der Waals surface area contributed by atoms with Gasteiger partial charge in [-0.15, -0.1) is 0 Å². The van der Waals surface area contributed by atoms with E-state index in [-0.39, 0.29) is 5.41 Å². The van der Waals surface area contributed by atoms with Crippen molar-refractivity contribution in [2.75, 3.05) is 11.9 Å². The van der Waals surface area contributed by atoms with Crippen molar-refractivity contribution in [3.8, 4) is 0 Å². The van der Waals surface area contributed by atoms with Gasteiger partial charge in [-0.2, -0.15) is 0 Å². The molecule has 0 aliphatic carbocycles. The Balaban J connectivity index is 2.59. The molecule has 0 saturated heterocycles. The third kappa shape index (κ3) is 1.23. The molecular weight excluding hydrogens is 190 g/mol. The molecule has 1 atom stereocenters. The van der Waals surface area contributed by atoms with Crippen LogP contribution in [0.25, 0.3) is 0 Å². The second-order valence-corrected chi connectivity index (χ2v) is 4.59. The highest BCUT2D eigenvalue weighted by atomic mass is 16.4. The van der Waals surface area contributed by atoms with E-state index in [1.165, 1.54) is 0 Å². The molecule has 15 heavy (non-hydrogen) atoms. The second-order valence-electron chi connectivity index (χ2n) is 4.59. The Labute approximate surface area is 89.3 Å². The summed E-state index contributed by atoms with van der Waals surface area (Å²) in [5.74, 6) is -0.765. The van der Waals surface area contributed by atoms with Crippen molar-refractivity contribution in [2.45, 2.75) is 25.3 Å². The van der Waals surface area contributed by atoms with Gasteiger partial charge in [0.25, 0.3) is 0 Å². The molecule has 0 unspecified atom stereocenters. The minimum absolute atomic E-state index is 0.336. The fourth-order valence-electron chi connectivity index (χ4n) is 2.57. The van der Waals surface area contributed by atoms with Crippen LogP contribution in [0.1, 0.15) is 19.4 Å². The summed E-state index contributed by atoms with van der Waals surface area (Å²) in [7, 11) is 1.84. The third-order valence-corrected chi connectivity index (χ3v) is 3.28. The van der Waals surface area contributed by atoms with E-state index in [1.54, 1.807) is 0 Å². The summed E-state index contributed by atoms with van der Waals surface area (Å²) in [5.41, 5.74) is 1.80. The Kier molecular flexibility index (Phi) is 2.00. The summed E-state index contributed by atoms with van der Waals surface area (Å²) < 4.78 is 0. The normalized spacial score (nSPS) is 22.6. The molecule has 1 aliphatic rings. The van der Waals surface area contributed by atoms with E-state index in [0.717, 1.165) is 11.3 Å². The number of anilines is 1. The maximum absolute atomic E-state index is 11.3. The molecule has 1 aromatic carbocycles. The van der Waals surface area contributed by atoms with Gasteiger partial charge in [0.1, 0.15) is 6.04 Å². The smallest absolute Gasteiger partial charge is 0.327 e. The second kappa shape index (κ2) is 2.99. The molecular formula is C12H15NO2. The first-order valence-electron chi connectivity index (χ1n) is 5.01. The number of para-hydroxylation sites is 1. The van der Waals surface area contributed by atoms with Crippen LogP contribution in [0.3, 0.4) is 0 Å². The summed E-state index contributed by atoms with van der Waals surface area (Å²) in [6, 6.07) is 7.40. The number of nitrogens with zero attached hydrogens (tertiary/aromatic N) is 1. The Morgan fingerprint density at radius 2 is 2.00 bits per heavy atom. The number of hydrogen-bond donors (Lipinski definition) is 1. The molecule has 1 aromatic rings. The van der Waals surface area contributed by atoms with Crippen LogP contribution in [0.5, 0.6) is 0 Å². The zero-order valence-corrected chi connectivity index (χ0v) is 9.19. The van der Waals surface area contributed by atoms with E-state index < -0.39 is 12.0 Å². The summed E-state index contributed by atoms with van der Waals surface area (Å²) >= 11 is 0. The molecule has 0 amide bonds. The van der Waals surface area contributed by atoms with E-state index in [9.17, 15) is 9.90 Å². The minimum Gasteiger partial charge on any atom is -0.480 e. The van der Waals surface area contributed by atoms with E-state index in [0.29, 0.717) is 0 Å². The Hall–Kier alpha value is -1.51. The maximum atomic E-state index is 11.3. The monoisotopic (exact) mass is 205 g/mol. The van der Waals surface area contributed by atoms with E-state index in [2.05, 4.69) is 0 Å². The minimum atomic E-state index is -0.765. The lowest BCUT2D eigenvalue weighted by atomic mass is 9.80. The van der Waals surface area contributed by atoms with Crippen LogP contribution in [-0.2, 0) is 10.2 Å². The lowest BCUT2D eigenvalue weighted by molar-refractivity contribution is -0.139. The van der Waals surface area contributed by atoms with Crippen LogP contribution in [0.4, 0.5) is 5.69 Å². The van der Waals surface area contributed by atoms with Gasteiger partial charge in [0.05, 0.1) is 0 Å². The van der Waals surface area contributed by atoms with Crippen molar-refractivity contribution >= 4 is 11.7 Å². The highest BCUT2D eigenvalue weighted by Crippen LogP contribution is 2.43. The molecule has 2 rings (SSSR count). The molecule has 1 N–H and O–H groups in total. The molecule has 0 bridgehead atoms. The number of aliphatic carboxylic acids is 1. The van der Waals surface area contributed by atoms with E-state index in [1.807, 2.05) is 50.1 Å². The zero-order valence-electron chi connectivity index (χ0n) is 9.19. The van der Waals surface area contributed by atoms with Crippen molar-refractivity contribution in [2.24, 2.45) is 0 Å². The molecule has 1 aliphatic heterocycles. The molecule has 0 spiro atoms. The molecule has 0 saturated carbocycles. The van der Waals surface area contributed by atoms with Crippen LogP contribution < -0.4 is 4.90 Å². The number of likely N-dealkylation sites (N-methyl/N-ethyl adjacent to an activating group) is 1. The fraction of sp³-hybridized carbons (Fsp3) is 0.417. The predicted octanol–water partition coefficient (Wildman–Crippen LogP) is 1.87. The van der Waals surface area contributed by atoms with Crippen LogP contribution in [-0.4, -0.2) is 24.2 Å². The summed E-state index contributed by atoms with van der Waals surface area (Å²) in [6.07, 6.45) is 0. The summed E-state index contributed by atoms with van der Waals surface area (Å²) in [6.45, 7) is 3.96. The third-order valence-electron chi connectivity index (χ3n) is 3.28. The first-order chi connectivity index (χ1) is 6.96. The molecule has 0 aromatic heterocycles. The largest absolute Gasteiger partial charge is 0.480 e. The van der Waals surface area contributed by atoms with Gasteiger partial charge < -0.3 is 10.0 Å². The fourth-order valence-corrected chi connectivity index (χ4v) is 2.57. The Morgan fingerprint density at radius 1 is 1.40 bits per heavy atom. The summed E-state index contributed by atoms with van der Waals surface area (Å²) in [5, 5.41) is 9.25. The number of carboxylic acids is 1. The van der Waals surface area contributed by atoms with Crippen LogP contribution in [0.2, 0.25) is 0 Å². The van der Waals surface area contributed by atoms with Crippen molar-refractivity contribution in [1.82, 2.24) is 0 Å². The highest BCUT2D eigenvalue weighted by molar-refractivity contribution is 5.85. The average molecular weight is 205 g/mol. The van der Waals surface area contributed by atoms with Crippen molar-refractivity contribution in [3.63, 3.8) is 0 Å². The van der Waals surface area contributed by atoms with Crippen LogP contribution in [0.15, 0.2) is 24.3 Å². The molecule has 1 heterocycles. The first-order valence-corrected chi connectivity index (χ1v) is 5.01. The highest BCUT2D eigenvalue weighted by Gasteiger charge is 2.46. The van der Waals surface area contributed by atoms with Gasteiger partial charge in [0.2, 0.25) is 0 Å². The van der Waals surface area contributed by atoms with Crippen molar-refractivity contribution in [3.05, 3.63) is 29.8 Å². The standard InChI is InChI=1S/C12H15NO2/c1-12(2)8-6-4-5-7-9(8)13(3)10(12)11(14)15/h4-7,10H,1-3H3,(H,14,15)/t10-/m0/s1. The molecule has 0 radical (unpaired) electrons. The lowest BCUT2D eigenvalue weighted by Gasteiger charge is -2.28. The Morgan fingerprint density at radius 3 is 2.53 bits per heavy atom.